The number of aromatic nitrogens is 2. The molecule has 0 aliphatic rings. The lowest BCUT2D eigenvalue weighted by Gasteiger charge is -2.21. The van der Waals surface area contributed by atoms with Gasteiger partial charge in [-0.05, 0) is 48.7 Å². The summed E-state index contributed by atoms with van der Waals surface area (Å²) >= 11 is 1.37. The first-order valence-electron chi connectivity index (χ1n) is 15.4. The van der Waals surface area contributed by atoms with E-state index in [0.29, 0.717) is 43.4 Å². The van der Waals surface area contributed by atoms with Gasteiger partial charge in [0.15, 0.2) is 0 Å². The Morgan fingerprint density at radius 3 is 2.39 bits per heavy atom. The Balaban J connectivity index is 1.25. The minimum absolute atomic E-state index is 0.0699. The third-order valence-corrected chi connectivity index (χ3v) is 7.97. The molecular formula is C34H37F4N7O3S. The average Bonchev–Trinajstić information content (AvgIpc) is 3.08. The molecule has 1 aromatic heterocycles. The number of unbranched alkanes of at least 4 members (excludes halogenated alkanes) is 3. The molecule has 2 amide bonds. The number of rotatable bonds is 17. The fourth-order valence-corrected chi connectivity index (χ4v) is 4.95. The molecule has 0 saturated carbocycles. The summed E-state index contributed by atoms with van der Waals surface area (Å²) < 4.78 is 58.3. The predicted molar refractivity (Wildman–Crippen MR) is 183 cm³/mol. The van der Waals surface area contributed by atoms with Crippen LogP contribution in [0.25, 0.3) is 0 Å². The first-order chi connectivity index (χ1) is 23.5. The van der Waals surface area contributed by atoms with Gasteiger partial charge in [0.1, 0.15) is 17.2 Å². The van der Waals surface area contributed by atoms with E-state index in [9.17, 15) is 22.8 Å². The van der Waals surface area contributed by atoms with Gasteiger partial charge in [-0.15, -0.1) is 0 Å². The summed E-state index contributed by atoms with van der Waals surface area (Å²) in [6.45, 7) is 0.645. The summed E-state index contributed by atoms with van der Waals surface area (Å²) in [5, 5.41) is 8.08. The van der Waals surface area contributed by atoms with Gasteiger partial charge in [-0.3, -0.25) is 14.4 Å². The highest BCUT2D eigenvalue weighted by molar-refractivity contribution is 7.99. The standard InChI is InChI=1S/C34H37F4N7O3S/c1-45(49-2)29-15-10-9-14-28(29)41-31-25(34(36,37)38)21-40-33(43-31)42-27-18-17-24(20-26(27)35)32(47)39-19-11-4-3-8-16-30(46)44-48-22-23-12-6-5-7-13-23/h5-7,9-10,12-15,17-18,20-21H,3-4,8,11,16,19,22H2,1-2H3,(H,39,47)(H,44,46)(H2,40,41,42,43). The number of halogens is 4. The van der Waals surface area contributed by atoms with Gasteiger partial charge in [0.25, 0.3) is 5.91 Å². The Bertz CT molecular complexity index is 1700. The first-order valence-corrected chi connectivity index (χ1v) is 16.6. The molecule has 0 radical (unpaired) electrons. The number of hydroxylamine groups is 1. The van der Waals surface area contributed by atoms with Crippen molar-refractivity contribution in [1.82, 2.24) is 20.8 Å². The quantitative estimate of drug-likeness (QED) is 0.0379. The minimum Gasteiger partial charge on any atom is -0.352 e. The molecule has 4 N–H and O–H groups in total. The molecule has 49 heavy (non-hydrogen) atoms. The lowest BCUT2D eigenvalue weighted by molar-refractivity contribution is -0.137. The van der Waals surface area contributed by atoms with Crippen molar-refractivity contribution in [2.24, 2.45) is 0 Å². The van der Waals surface area contributed by atoms with E-state index >= 15 is 4.39 Å². The van der Waals surface area contributed by atoms with Crippen LogP contribution in [0.1, 0.15) is 53.6 Å². The molecule has 260 valence electrons. The number of nitrogens with one attached hydrogen (secondary N) is 4. The molecule has 0 aliphatic carbocycles. The number of nitrogens with zero attached hydrogens (tertiary/aromatic N) is 3. The van der Waals surface area contributed by atoms with Crippen molar-refractivity contribution in [2.75, 3.05) is 34.8 Å². The van der Waals surface area contributed by atoms with Crippen molar-refractivity contribution in [3.05, 3.63) is 102 Å². The molecule has 0 atom stereocenters. The van der Waals surface area contributed by atoms with Gasteiger partial charge in [-0.1, -0.05) is 67.3 Å². The molecule has 10 nitrogen and oxygen atoms in total. The summed E-state index contributed by atoms with van der Waals surface area (Å²) in [6.07, 6.45) is 0.898. The number of para-hydroxylation sites is 2. The van der Waals surface area contributed by atoms with Gasteiger partial charge in [0.2, 0.25) is 11.9 Å². The van der Waals surface area contributed by atoms with Gasteiger partial charge >= 0.3 is 6.18 Å². The Kier molecular flexibility index (Phi) is 13.6. The van der Waals surface area contributed by atoms with Crippen LogP contribution in [0, 0.1) is 5.82 Å². The summed E-state index contributed by atoms with van der Waals surface area (Å²) in [7, 11) is 1.77. The molecule has 0 spiro atoms. The van der Waals surface area contributed by atoms with Crippen molar-refractivity contribution in [1.29, 1.82) is 0 Å². The summed E-state index contributed by atoms with van der Waals surface area (Å²) in [4.78, 5) is 37.5. The fourth-order valence-electron chi connectivity index (χ4n) is 4.60. The zero-order valence-electron chi connectivity index (χ0n) is 26.9. The number of alkyl halides is 3. The van der Waals surface area contributed by atoms with Crippen molar-refractivity contribution in [3.8, 4) is 0 Å². The Hall–Kier alpha value is -4.89. The first kappa shape index (κ1) is 36.9. The summed E-state index contributed by atoms with van der Waals surface area (Å²) in [6, 6.07) is 20.0. The molecule has 0 bridgehead atoms. The normalized spacial score (nSPS) is 11.1. The smallest absolute Gasteiger partial charge is 0.352 e. The van der Waals surface area contributed by atoms with E-state index < -0.39 is 29.3 Å². The second kappa shape index (κ2) is 18.0. The number of hydrogen-bond acceptors (Lipinski definition) is 9. The molecule has 4 aromatic rings. The number of benzene rings is 3. The maximum absolute atomic E-state index is 15.0. The van der Waals surface area contributed by atoms with Crippen LogP contribution in [-0.2, 0) is 22.4 Å². The maximum Gasteiger partial charge on any atom is 0.421 e. The van der Waals surface area contributed by atoms with Crippen molar-refractivity contribution in [2.45, 2.75) is 44.9 Å². The predicted octanol–water partition coefficient (Wildman–Crippen LogP) is 7.76. The van der Waals surface area contributed by atoms with E-state index in [-0.39, 0.29) is 29.7 Å². The molecule has 0 aliphatic heterocycles. The molecular weight excluding hydrogens is 662 g/mol. The third-order valence-electron chi connectivity index (χ3n) is 7.23. The molecule has 4 rings (SSSR count). The fraction of sp³-hybridized carbons (Fsp3) is 0.294. The van der Waals surface area contributed by atoms with E-state index in [4.69, 9.17) is 4.84 Å². The zero-order valence-corrected chi connectivity index (χ0v) is 27.8. The van der Waals surface area contributed by atoms with Gasteiger partial charge < -0.3 is 20.3 Å². The topological polar surface area (TPSA) is 121 Å². The lowest BCUT2D eigenvalue weighted by Crippen LogP contribution is -2.24. The highest BCUT2D eigenvalue weighted by Gasteiger charge is 2.35. The van der Waals surface area contributed by atoms with E-state index in [2.05, 4.69) is 31.4 Å². The summed E-state index contributed by atoms with van der Waals surface area (Å²) in [5.74, 6) is -2.29. The second-order valence-corrected chi connectivity index (χ2v) is 11.7. The van der Waals surface area contributed by atoms with Crippen LogP contribution in [0.3, 0.4) is 0 Å². The third kappa shape index (κ3) is 11.4. The average molecular weight is 700 g/mol. The Labute approximate surface area is 286 Å². The molecule has 3 aromatic carbocycles. The van der Waals surface area contributed by atoms with Gasteiger partial charge in [0.05, 0.1) is 23.7 Å². The van der Waals surface area contributed by atoms with Crippen LogP contribution < -0.4 is 25.7 Å². The largest absolute Gasteiger partial charge is 0.421 e. The van der Waals surface area contributed by atoms with Crippen molar-refractivity contribution in [3.63, 3.8) is 0 Å². The number of carbonyl (C=O) groups excluding carboxylic acids is 2. The van der Waals surface area contributed by atoms with Crippen LogP contribution in [0.2, 0.25) is 0 Å². The van der Waals surface area contributed by atoms with E-state index in [1.807, 2.05) is 36.6 Å². The second-order valence-electron chi connectivity index (χ2n) is 10.8. The van der Waals surface area contributed by atoms with Crippen LogP contribution in [-0.4, -0.2) is 41.6 Å². The van der Waals surface area contributed by atoms with E-state index in [0.717, 1.165) is 24.5 Å². The van der Waals surface area contributed by atoms with Crippen LogP contribution in [0.15, 0.2) is 79.0 Å². The number of amides is 2. The molecule has 1 heterocycles. The molecule has 0 unspecified atom stereocenters. The molecule has 15 heteroatoms. The molecule has 0 fully saturated rings. The van der Waals surface area contributed by atoms with Crippen LogP contribution in [0.4, 0.5) is 46.4 Å². The highest BCUT2D eigenvalue weighted by Crippen LogP contribution is 2.38. The van der Waals surface area contributed by atoms with Crippen molar-refractivity contribution >= 4 is 52.6 Å². The SMILES string of the molecule is CSN(C)c1ccccc1Nc1nc(Nc2ccc(C(=O)NCCCCCCC(=O)NOCc3ccccc3)cc2F)ncc1C(F)(F)F. The van der Waals surface area contributed by atoms with Crippen LogP contribution >= 0.6 is 11.9 Å². The molecule has 0 saturated heterocycles. The number of anilines is 5. The monoisotopic (exact) mass is 699 g/mol. The number of hydrogen-bond donors (Lipinski definition) is 4. The Morgan fingerprint density at radius 1 is 0.918 bits per heavy atom. The van der Waals surface area contributed by atoms with Gasteiger partial charge in [-0.2, -0.15) is 18.2 Å². The Morgan fingerprint density at radius 2 is 1.65 bits per heavy atom. The maximum atomic E-state index is 15.0. The van der Waals surface area contributed by atoms with Crippen LogP contribution in [0.5, 0.6) is 0 Å². The zero-order chi connectivity index (χ0) is 35.2. The summed E-state index contributed by atoms with van der Waals surface area (Å²) in [5.41, 5.74) is 3.24. The lowest BCUT2D eigenvalue weighted by atomic mass is 10.1. The van der Waals surface area contributed by atoms with Gasteiger partial charge in [-0.25, -0.2) is 14.9 Å². The van der Waals surface area contributed by atoms with E-state index in [1.165, 1.54) is 24.1 Å². The van der Waals surface area contributed by atoms with Gasteiger partial charge in [0, 0.05) is 38.0 Å². The number of carbonyl (C=O) groups is 2. The van der Waals surface area contributed by atoms with Crippen molar-refractivity contribution < 1.29 is 32.0 Å². The highest BCUT2D eigenvalue weighted by atomic mass is 32.2. The van der Waals surface area contributed by atoms with E-state index in [1.54, 1.807) is 35.6 Å². The minimum atomic E-state index is -4.75.